The lowest BCUT2D eigenvalue weighted by atomic mass is 10.1. The quantitative estimate of drug-likeness (QED) is 0.657. The number of nitrogens with zero attached hydrogens (tertiary/aromatic N) is 6. The molecule has 0 atom stereocenters. The molecule has 2 fully saturated rings. The molecule has 8 nitrogen and oxygen atoms in total. The second kappa shape index (κ2) is 8.53. The van der Waals surface area contributed by atoms with Crippen LogP contribution in [-0.4, -0.2) is 65.1 Å². The minimum Gasteiger partial charge on any atom is -0.378 e. The fourth-order valence-electron chi connectivity index (χ4n) is 3.91. The normalized spacial score (nSPS) is 17.1. The molecule has 0 unspecified atom stereocenters. The van der Waals surface area contributed by atoms with Crippen LogP contribution in [-0.2, 0) is 4.74 Å². The van der Waals surface area contributed by atoms with Crippen LogP contribution in [0.15, 0.2) is 42.7 Å². The minimum atomic E-state index is -0.955. The molecule has 2 aliphatic heterocycles. The zero-order valence-corrected chi connectivity index (χ0v) is 17.2. The predicted octanol–water partition coefficient (Wildman–Crippen LogP) is 2.68. The molecule has 164 valence electrons. The summed E-state index contributed by atoms with van der Waals surface area (Å²) in [6.45, 7) is 5.26. The second-order valence-electron chi connectivity index (χ2n) is 7.83. The van der Waals surface area contributed by atoms with E-state index >= 15 is 0 Å². The minimum absolute atomic E-state index is 0.283. The van der Waals surface area contributed by atoms with Crippen LogP contribution in [0.2, 0.25) is 0 Å². The smallest absolute Gasteiger partial charge is 0.246 e. The van der Waals surface area contributed by atoms with Crippen LogP contribution in [0.25, 0.3) is 5.69 Å². The Morgan fingerprint density at radius 3 is 2.50 bits per heavy atom. The van der Waals surface area contributed by atoms with Crippen molar-refractivity contribution in [1.29, 1.82) is 5.26 Å². The van der Waals surface area contributed by atoms with Gasteiger partial charge in [-0.2, -0.15) is 10.2 Å². The number of nitrogens with one attached hydrogen (secondary N) is 1. The van der Waals surface area contributed by atoms with Crippen molar-refractivity contribution < 1.29 is 13.5 Å². The van der Waals surface area contributed by atoms with Gasteiger partial charge in [-0.1, -0.05) is 0 Å². The highest BCUT2D eigenvalue weighted by atomic mass is 19.2. The van der Waals surface area contributed by atoms with E-state index in [0.717, 1.165) is 57.2 Å². The number of hydrogen-bond donors (Lipinski definition) is 1. The lowest BCUT2D eigenvalue weighted by molar-refractivity contribution is -0.0660. The van der Waals surface area contributed by atoms with Crippen molar-refractivity contribution in [2.45, 2.75) is 6.04 Å². The summed E-state index contributed by atoms with van der Waals surface area (Å²) in [6, 6.07) is 11.8. The van der Waals surface area contributed by atoms with E-state index in [-0.39, 0.29) is 5.95 Å². The van der Waals surface area contributed by atoms with Crippen LogP contribution < -0.4 is 10.2 Å². The van der Waals surface area contributed by atoms with Crippen LogP contribution in [0.1, 0.15) is 5.56 Å². The van der Waals surface area contributed by atoms with Crippen molar-refractivity contribution in [3.63, 3.8) is 0 Å². The number of rotatable bonds is 5. The number of anilines is 3. The van der Waals surface area contributed by atoms with Crippen LogP contribution >= 0.6 is 0 Å². The van der Waals surface area contributed by atoms with E-state index in [1.54, 1.807) is 6.07 Å². The van der Waals surface area contributed by atoms with Gasteiger partial charge in [-0.05, 0) is 30.3 Å². The van der Waals surface area contributed by atoms with Crippen LogP contribution in [0.4, 0.5) is 26.1 Å². The summed E-state index contributed by atoms with van der Waals surface area (Å²) in [5.74, 6) is -1.59. The SMILES string of the molecule is N#Cc1cc(Nc2ncn(-c3ccc(F)c(F)c3)n2)cc(N2CCN(C3COC3)CC2)c1. The Bertz CT molecular complexity index is 1160. The molecule has 1 N–H and O–H groups in total. The van der Waals surface area contributed by atoms with Gasteiger partial charge in [0.15, 0.2) is 11.6 Å². The maximum Gasteiger partial charge on any atom is 0.246 e. The highest BCUT2D eigenvalue weighted by Gasteiger charge is 2.29. The lowest BCUT2D eigenvalue weighted by Gasteiger charge is -2.43. The monoisotopic (exact) mass is 437 g/mol. The number of aromatic nitrogens is 3. The first-order valence-electron chi connectivity index (χ1n) is 10.3. The van der Waals surface area contributed by atoms with Crippen molar-refractivity contribution in [3.8, 4) is 11.8 Å². The van der Waals surface area contributed by atoms with Crippen LogP contribution in [0.5, 0.6) is 0 Å². The van der Waals surface area contributed by atoms with Crippen molar-refractivity contribution in [3.05, 3.63) is 59.9 Å². The van der Waals surface area contributed by atoms with Crippen molar-refractivity contribution in [2.24, 2.45) is 0 Å². The molecule has 0 spiro atoms. The lowest BCUT2D eigenvalue weighted by Crippen LogP contribution is -2.56. The second-order valence-corrected chi connectivity index (χ2v) is 7.83. The van der Waals surface area contributed by atoms with Crippen LogP contribution in [0, 0.1) is 23.0 Å². The molecule has 32 heavy (non-hydrogen) atoms. The molecule has 1 aromatic heterocycles. The number of piperazine rings is 1. The summed E-state index contributed by atoms with van der Waals surface area (Å²) in [5, 5.41) is 16.9. The number of hydrogen-bond acceptors (Lipinski definition) is 7. The Labute approximate surface area is 183 Å². The van der Waals surface area contributed by atoms with Gasteiger partial charge in [0.1, 0.15) is 6.33 Å². The zero-order valence-electron chi connectivity index (χ0n) is 17.2. The van der Waals surface area contributed by atoms with Gasteiger partial charge >= 0.3 is 0 Å². The number of benzene rings is 2. The Morgan fingerprint density at radius 1 is 1.00 bits per heavy atom. The Hall–Kier alpha value is -3.55. The summed E-state index contributed by atoms with van der Waals surface area (Å²) in [6.07, 6.45) is 1.41. The molecular weight excluding hydrogens is 416 g/mol. The van der Waals surface area contributed by atoms with E-state index < -0.39 is 11.6 Å². The fourth-order valence-corrected chi connectivity index (χ4v) is 3.91. The number of ether oxygens (including phenoxy) is 1. The highest BCUT2D eigenvalue weighted by molar-refractivity contribution is 5.66. The van der Waals surface area contributed by atoms with Gasteiger partial charge in [-0.25, -0.2) is 13.5 Å². The highest BCUT2D eigenvalue weighted by Crippen LogP contribution is 2.26. The van der Waals surface area contributed by atoms with Gasteiger partial charge in [0, 0.05) is 43.6 Å². The van der Waals surface area contributed by atoms with Gasteiger partial charge in [-0.3, -0.25) is 4.90 Å². The standard InChI is InChI=1S/C22H21F2N7O/c23-20-2-1-17(10-21(20)24)31-14-26-22(28-31)27-16-7-15(11-25)8-18(9-16)29-3-5-30(6-4-29)19-12-32-13-19/h1-2,7-10,14,19H,3-6,12-13H2,(H,27,28). The number of halogens is 2. The average Bonchev–Trinajstić information content (AvgIpc) is 3.23. The predicted molar refractivity (Wildman–Crippen MR) is 114 cm³/mol. The average molecular weight is 437 g/mol. The maximum absolute atomic E-state index is 13.5. The van der Waals surface area contributed by atoms with Gasteiger partial charge < -0.3 is 15.0 Å². The van der Waals surface area contributed by atoms with Crippen LogP contribution in [0.3, 0.4) is 0 Å². The van der Waals surface area contributed by atoms with E-state index in [4.69, 9.17) is 4.74 Å². The molecular formula is C22H21F2N7O. The summed E-state index contributed by atoms with van der Waals surface area (Å²) in [7, 11) is 0. The Balaban J connectivity index is 1.31. The first kappa shape index (κ1) is 20.4. The van der Waals surface area contributed by atoms with Gasteiger partial charge in [0.05, 0.1) is 36.6 Å². The molecule has 3 aromatic rings. The Kier molecular flexibility index (Phi) is 5.43. The molecule has 3 heterocycles. The summed E-state index contributed by atoms with van der Waals surface area (Å²) in [5.41, 5.74) is 2.51. The topological polar surface area (TPSA) is 82.2 Å². The molecule has 0 amide bonds. The Morgan fingerprint density at radius 2 is 1.81 bits per heavy atom. The molecule has 5 rings (SSSR count). The van der Waals surface area contributed by atoms with E-state index in [1.165, 1.54) is 17.1 Å². The van der Waals surface area contributed by atoms with Gasteiger partial charge in [0.2, 0.25) is 5.95 Å². The largest absolute Gasteiger partial charge is 0.378 e. The molecule has 0 radical (unpaired) electrons. The third kappa shape index (κ3) is 4.12. The molecule has 2 aliphatic rings. The van der Waals surface area contributed by atoms with Gasteiger partial charge in [-0.15, -0.1) is 5.10 Å². The molecule has 0 aliphatic carbocycles. The first-order chi connectivity index (χ1) is 15.6. The summed E-state index contributed by atoms with van der Waals surface area (Å²) >= 11 is 0. The molecule has 10 heteroatoms. The van der Waals surface area contributed by atoms with Crippen molar-refractivity contribution in [1.82, 2.24) is 19.7 Å². The summed E-state index contributed by atoms with van der Waals surface area (Å²) in [4.78, 5) is 8.90. The first-order valence-corrected chi connectivity index (χ1v) is 10.3. The van der Waals surface area contributed by atoms with E-state index in [2.05, 4.69) is 31.3 Å². The molecule has 0 bridgehead atoms. The van der Waals surface area contributed by atoms with E-state index in [9.17, 15) is 14.0 Å². The molecule has 2 aromatic carbocycles. The van der Waals surface area contributed by atoms with Gasteiger partial charge in [0.25, 0.3) is 0 Å². The van der Waals surface area contributed by atoms with E-state index in [0.29, 0.717) is 23.0 Å². The summed E-state index contributed by atoms with van der Waals surface area (Å²) < 4.78 is 33.3. The van der Waals surface area contributed by atoms with E-state index in [1.807, 2.05) is 12.1 Å². The third-order valence-corrected chi connectivity index (χ3v) is 5.78. The zero-order chi connectivity index (χ0) is 22.1. The van der Waals surface area contributed by atoms with Crippen molar-refractivity contribution >= 4 is 17.3 Å². The fraction of sp³-hybridized carbons (Fsp3) is 0.318. The number of nitriles is 1. The third-order valence-electron chi connectivity index (χ3n) is 5.78. The molecule has 0 saturated carbocycles. The molecule has 2 saturated heterocycles. The maximum atomic E-state index is 13.5. The van der Waals surface area contributed by atoms with Crippen molar-refractivity contribution in [2.75, 3.05) is 49.6 Å².